The molecule has 0 fully saturated rings. The highest BCUT2D eigenvalue weighted by Gasteiger charge is 2.09. The number of nitrogens with one attached hydrogen (secondary N) is 1. The average molecular weight is 281 g/mol. The molecule has 0 aliphatic heterocycles. The van der Waals surface area contributed by atoms with E-state index in [-0.39, 0.29) is 0 Å². The van der Waals surface area contributed by atoms with Crippen molar-refractivity contribution in [2.24, 2.45) is 5.92 Å². The van der Waals surface area contributed by atoms with Crippen molar-refractivity contribution in [2.45, 2.75) is 20.4 Å². The molecular formula is C16H19N5. The van der Waals surface area contributed by atoms with Gasteiger partial charge in [-0.1, -0.05) is 38.1 Å². The summed E-state index contributed by atoms with van der Waals surface area (Å²) >= 11 is 0. The summed E-state index contributed by atoms with van der Waals surface area (Å²) in [5.74, 6) is 1.45. The number of fused-ring (bicyclic) bond motifs is 1. The minimum absolute atomic E-state index is 0.638. The smallest absolute Gasteiger partial charge is 0.163 e. The van der Waals surface area contributed by atoms with Crippen molar-refractivity contribution < 1.29 is 0 Å². The fraction of sp³-hybridized carbons (Fsp3) is 0.312. The van der Waals surface area contributed by atoms with E-state index in [0.29, 0.717) is 5.92 Å². The Bertz CT molecular complexity index is 719. The Balaban J connectivity index is 1.99. The van der Waals surface area contributed by atoms with Crippen molar-refractivity contribution >= 4 is 10.8 Å². The van der Waals surface area contributed by atoms with E-state index in [1.807, 2.05) is 12.3 Å². The van der Waals surface area contributed by atoms with Crippen LogP contribution in [-0.2, 0) is 6.54 Å². The van der Waals surface area contributed by atoms with Gasteiger partial charge in [0.05, 0.1) is 0 Å². The second-order valence-corrected chi connectivity index (χ2v) is 5.52. The minimum Gasteiger partial charge on any atom is -0.312 e. The van der Waals surface area contributed by atoms with Gasteiger partial charge in [0.2, 0.25) is 0 Å². The topological polar surface area (TPSA) is 55.6 Å². The monoisotopic (exact) mass is 281 g/mol. The molecule has 1 aromatic carbocycles. The van der Waals surface area contributed by atoms with E-state index in [4.69, 9.17) is 0 Å². The average Bonchev–Trinajstić information content (AvgIpc) is 3.01. The third kappa shape index (κ3) is 2.92. The molecule has 0 bridgehead atoms. The summed E-state index contributed by atoms with van der Waals surface area (Å²) in [7, 11) is 0. The second-order valence-electron chi connectivity index (χ2n) is 5.52. The lowest BCUT2D eigenvalue weighted by molar-refractivity contribution is 0.553. The summed E-state index contributed by atoms with van der Waals surface area (Å²) in [5.41, 5.74) is 1.20. The Hall–Kier alpha value is -2.27. The third-order valence-corrected chi connectivity index (χ3v) is 3.36. The molecule has 0 atom stereocenters. The van der Waals surface area contributed by atoms with Gasteiger partial charge in [-0.2, -0.15) is 5.10 Å². The largest absolute Gasteiger partial charge is 0.312 e. The van der Waals surface area contributed by atoms with E-state index >= 15 is 0 Å². The van der Waals surface area contributed by atoms with E-state index in [0.717, 1.165) is 24.3 Å². The van der Waals surface area contributed by atoms with Gasteiger partial charge in [-0.05, 0) is 23.4 Å². The SMILES string of the molecule is CC(C)CNCc1cnc(-n2cncn2)c2ccccc12. The molecule has 5 nitrogen and oxygen atoms in total. The number of hydrogen-bond acceptors (Lipinski definition) is 4. The van der Waals surface area contributed by atoms with Gasteiger partial charge in [-0.15, -0.1) is 0 Å². The minimum atomic E-state index is 0.638. The van der Waals surface area contributed by atoms with Crippen molar-refractivity contribution in [1.82, 2.24) is 25.1 Å². The van der Waals surface area contributed by atoms with Crippen molar-refractivity contribution in [1.29, 1.82) is 0 Å². The van der Waals surface area contributed by atoms with Gasteiger partial charge >= 0.3 is 0 Å². The van der Waals surface area contributed by atoms with Crippen molar-refractivity contribution in [3.8, 4) is 5.82 Å². The molecule has 21 heavy (non-hydrogen) atoms. The Morgan fingerprint density at radius 2 is 2.00 bits per heavy atom. The van der Waals surface area contributed by atoms with E-state index in [9.17, 15) is 0 Å². The summed E-state index contributed by atoms with van der Waals surface area (Å²) in [6.45, 7) is 6.23. The lowest BCUT2D eigenvalue weighted by atomic mass is 10.1. The van der Waals surface area contributed by atoms with Crippen LogP contribution >= 0.6 is 0 Å². The molecule has 2 heterocycles. The van der Waals surface area contributed by atoms with E-state index in [1.54, 1.807) is 11.0 Å². The van der Waals surface area contributed by atoms with Gasteiger partial charge in [-0.25, -0.2) is 14.6 Å². The van der Waals surface area contributed by atoms with Crippen LogP contribution in [0.25, 0.3) is 16.6 Å². The molecular weight excluding hydrogens is 262 g/mol. The van der Waals surface area contributed by atoms with Crippen molar-refractivity contribution in [2.75, 3.05) is 6.54 Å². The predicted octanol–water partition coefficient (Wildman–Crippen LogP) is 2.56. The maximum atomic E-state index is 4.57. The van der Waals surface area contributed by atoms with Gasteiger partial charge in [0, 0.05) is 18.1 Å². The Morgan fingerprint density at radius 1 is 1.19 bits per heavy atom. The fourth-order valence-electron chi connectivity index (χ4n) is 2.37. The molecule has 0 aliphatic rings. The first-order valence-electron chi connectivity index (χ1n) is 7.18. The highest BCUT2D eigenvalue weighted by atomic mass is 15.3. The number of aromatic nitrogens is 4. The van der Waals surface area contributed by atoms with E-state index in [1.165, 1.54) is 17.3 Å². The summed E-state index contributed by atoms with van der Waals surface area (Å²) < 4.78 is 1.70. The number of rotatable bonds is 5. The Morgan fingerprint density at radius 3 is 2.71 bits per heavy atom. The second kappa shape index (κ2) is 6.01. The zero-order valence-corrected chi connectivity index (χ0v) is 12.3. The molecule has 0 aliphatic carbocycles. The summed E-state index contributed by atoms with van der Waals surface area (Å²) in [6.07, 6.45) is 5.12. The van der Waals surface area contributed by atoms with Gasteiger partial charge < -0.3 is 5.32 Å². The van der Waals surface area contributed by atoms with Crippen LogP contribution in [-0.4, -0.2) is 26.3 Å². The first-order chi connectivity index (χ1) is 10.3. The molecule has 5 heteroatoms. The van der Waals surface area contributed by atoms with Crippen LogP contribution in [0.2, 0.25) is 0 Å². The van der Waals surface area contributed by atoms with E-state index < -0.39 is 0 Å². The third-order valence-electron chi connectivity index (χ3n) is 3.36. The van der Waals surface area contributed by atoms with Crippen LogP contribution in [0, 0.1) is 5.92 Å². The summed E-state index contributed by atoms with van der Waals surface area (Å²) in [4.78, 5) is 8.56. The Labute approximate surface area is 124 Å². The summed E-state index contributed by atoms with van der Waals surface area (Å²) in [6, 6.07) is 8.28. The zero-order valence-electron chi connectivity index (χ0n) is 12.3. The number of nitrogens with zero attached hydrogens (tertiary/aromatic N) is 4. The highest BCUT2D eigenvalue weighted by Crippen LogP contribution is 2.22. The molecule has 0 saturated heterocycles. The van der Waals surface area contributed by atoms with Crippen molar-refractivity contribution in [3.05, 3.63) is 48.7 Å². The van der Waals surface area contributed by atoms with Crippen LogP contribution in [0.3, 0.4) is 0 Å². The molecule has 0 unspecified atom stereocenters. The van der Waals surface area contributed by atoms with Crippen LogP contribution in [0.15, 0.2) is 43.1 Å². The van der Waals surface area contributed by atoms with Crippen LogP contribution in [0.5, 0.6) is 0 Å². The molecule has 1 N–H and O–H groups in total. The quantitative estimate of drug-likeness (QED) is 0.781. The zero-order chi connectivity index (χ0) is 14.7. The number of pyridine rings is 1. The first kappa shape index (κ1) is 13.7. The van der Waals surface area contributed by atoms with Gasteiger partial charge in [0.25, 0.3) is 0 Å². The van der Waals surface area contributed by atoms with Gasteiger partial charge in [0.15, 0.2) is 5.82 Å². The lowest BCUT2D eigenvalue weighted by Crippen LogP contribution is -2.19. The Kier molecular flexibility index (Phi) is 3.92. The van der Waals surface area contributed by atoms with Crippen LogP contribution < -0.4 is 5.32 Å². The first-order valence-corrected chi connectivity index (χ1v) is 7.18. The lowest BCUT2D eigenvalue weighted by Gasteiger charge is -2.12. The van der Waals surface area contributed by atoms with Crippen LogP contribution in [0.4, 0.5) is 0 Å². The molecule has 0 spiro atoms. The maximum Gasteiger partial charge on any atom is 0.163 e. The molecule has 0 saturated carbocycles. The molecule has 2 aromatic heterocycles. The highest BCUT2D eigenvalue weighted by molar-refractivity contribution is 5.90. The predicted molar refractivity (Wildman–Crippen MR) is 83.2 cm³/mol. The van der Waals surface area contributed by atoms with Crippen LogP contribution in [0.1, 0.15) is 19.4 Å². The summed E-state index contributed by atoms with van der Waals surface area (Å²) in [5, 5.41) is 9.94. The number of benzene rings is 1. The standard InChI is InChI=1S/C16H19N5/c1-12(2)7-17-8-13-9-19-16(21-11-18-10-20-21)15-6-4-3-5-14(13)15/h3-6,9-12,17H,7-8H2,1-2H3. The van der Waals surface area contributed by atoms with Gasteiger partial charge in [-0.3, -0.25) is 0 Å². The molecule has 3 aromatic rings. The molecule has 108 valence electrons. The number of hydrogen-bond donors (Lipinski definition) is 1. The van der Waals surface area contributed by atoms with Crippen molar-refractivity contribution in [3.63, 3.8) is 0 Å². The molecule has 3 rings (SSSR count). The fourth-order valence-corrected chi connectivity index (χ4v) is 2.37. The normalized spacial score (nSPS) is 11.4. The molecule has 0 amide bonds. The maximum absolute atomic E-state index is 4.57. The van der Waals surface area contributed by atoms with Gasteiger partial charge in [0.1, 0.15) is 12.7 Å². The van der Waals surface area contributed by atoms with E-state index in [2.05, 4.69) is 52.4 Å². The molecule has 0 radical (unpaired) electrons.